The molecule has 1 aliphatic heterocycles. The molecule has 1 aliphatic rings. The highest BCUT2D eigenvalue weighted by atomic mass is 19.4. The Morgan fingerprint density at radius 3 is 2.54 bits per heavy atom. The SMILES string of the molecule is O=C(NN=Cc1cccc(C(F)(F)F)c1)c1ccc(CN2CCOCC2)cc1. The summed E-state index contributed by atoms with van der Waals surface area (Å²) in [6.07, 6.45) is -3.24. The number of nitrogens with zero attached hydrogens (tertiary/aromatic N) is 2. The molecule has 0 aliphatic carbocycles. The summed E-state index contributed by atoms with van der Waals surface area (Å²) in [7, 11) is 0. The van der Waals surface area contributed by atoms with E-state index in [1.807, 2.05) is 12.1 Å². The third-order valence-corrected chi connectivity index (χ3v) is 4.32. The van der Waals surface area contributed by atoms with Gasteiger partial charge in [0.15, 0.2) is 0 Å². The van der Waals surface area contributed by atoms with Crippen LogP contribution in [0.15, 0.2) is 53.6 Å². The monoisotopic (exact) mass is 391 g/mol. The van der Waals surface area contributed by atoms with Crippen LogP contribution >= 0.6 is 0 Å². The molecule has 0 radical (unpaired) electrons. The number of amides is 1. The van der Waals surface area contributed by atoms with Crippen molar-refractivity contribution in [3.05, 3.63) is 70.8 Å². The molecule has 0 saturated carbocycles. The lowest BCUT2D eigenvalue weighted by Gasteiger charge is -2.26. The minimum atomic E-state index is -4.42. The second-order valence-corrected chi connectivity index (χ2v) is 6.41. The Balaban J connectivity index is 1.55. The summed E-state index contributed by atoms with van der Waals surface area (Å²) in [5, 5.41) is 3.74. The molecule has 0 atom stereocenters. The van der Waals surface area contributed by atoms with Crippen LogP contribution < -0.4 is 5.43 Å². The number of morpholine rings is 1. The molecule has 5 nitrogen and oxygen atoms in total. The Morgan fingerprint density at radius 1 is 1.14 bits per heavy atom. The van der Waals surface area contributed by atoms with Crippen molar-refractivity contribution in [3.8, 4) is 0 Å². The first kappa shape index (κ1) is 20.0. The first-order valence-corrected chi connectivity index (χ1v) is 8.81. The fourth-order valence-electron chi connectivity index (χ4n) is 2.80. The number of halogens is 3. The van der Waals surface area contributed by atoms with Crippen molar-refractivity contribution in [1.29, 1.82) is 0 Å². The van der Waals surface area contributed by atoms with Gasteiger partial charge < -0.3 is 4.74 Å². The van der Waals surface area contributed by atoms with Gasteiger partial charge in [0.2, 0.25) is 0 Å². The third-order valence-electron chi connectivity index (χ3n) is 4.32. The van der Waals surface area contributed by atoms with E-state index >= 15 is 0 Å². The van der Waals surface area contributed by atoms with Gasteiger partial charge in [0.1, 0.15) is 0 Å². The zero-order valence-corrected chi connectivity index (χ0v) is 15.1. The van der Waals surface area contributed by atoms with Crippen LogP contribution in [0.5, 0.6) is 0 Å². The first-order chi connectivity index (χ1) is 13.4. The summed E-state index contributed by atoms with van der Waals surface area (Å²) in [4.78, 5) is 14.4. The summed E-state index contributed by atoms with van der Waals surface area (Å²) < 4.78 is 43.4. The molecular formula is C20H20F3N3O2. The number of benzene rings is 2. The Hall–Kier alpha value is -2.71. The van der Waals surface area contributed by atoms with Gasteiger partial charge in [-0.2, -0.15) is 18.3 Å². The van der Waals surface area contributed by atoms with Crippen LogP contribution in [0.25, 0.3) is 0 Å². The molecule has 2 aromatic rings. The maximum absolute atomic E-state index is 12.7. The van der Waals surface area contributed by atoms with Crippen molar-refractivity contribution in [2.24, 2.45) is 5.10 Å². The van der Waals surface area contributed by atoms with Crippen molar-refractivity contribution in [2.45, 2.75) is 12.7 Å². The topological polar surface area (TPSA) is 53.9 Å². The van der Waals surface area contributed by atoms with E-state index < -0.39 is 17.6 Å². The molecule has 0 aromatic heterocycles. The average Bonchev–Trinajstić information content (AvgIpc) is 2.69. The standard InChI is InChI=1S/C20H20F3N3O2/c21-20(22,23)18-3-1-2-16(12-18)13-24-25-19(27)17-6-4-15(5-7-17)14-26-8-10-28-11-9-26/h1-7,12-13H,8-11,14H2,(H,25,27). The second-order valence-electron chi connectivity index (χ2n) is 6.41. The minimum absolute atomic E-state index is 0.246. The Kier molecular flexibility index (Phi) is 6.43. The average molecular weight is 391 g/mol. The number of alkyl halides is 3. The summed E-state index contributed by atoms with van der Waals surface area (Å²) >= 11 is 0. The van der Waals surface area contributed by atoms with Crippen LogP contribution in [0.1, 0.15) is 27.0 Å². The van der Waals surface area contributed by atoms with Crippen LogP contribution in [0.4, 0.5) is 13.2 Å². The third kappa shape index (κ3) is 5.64. The number of rotatable bonds is 5. The number of hydrogen-bond acceptors (Lipinski definition) is 4. The maximum Gasteiger partial charge on any atom is 0.416 e. The number of nitrogens with one attached hydrogen (secondary N) is 1. The predicted molar refractivity (Wildman–Crippen MR) is 99.0 cm³/mol. The summed E-state index contributed by atoms with van der Waals surface area (Å²) in [5.41, 5.74) is 3.32. The molecule has 148 valence electrons. The lowest BCUT2D eigenvalue weighted by atomic mass is 10.1. The van der Waals surface area contributed by atoms with Gasteiger partial charge in [-0.1, -0.05) is 24.3 Å². The van der Waals surface area contributed by atoms with E-state index in [2.05, 4.69) is 15.4 Å². The van der Waals surface area contributed by atoms with Gasteiger partial charge in [-0.05, 0) is 35.4 Å². The van der Waals surface area contributed by atoms with Gasteiger partial charge in [-0.25, -0.2) is 5.43 Å². The molecule has 1 amide bonds. The molecule has 8 heteroatoms. The molecule has 0 spiro atoms. The number of hydrogen-bond donors (Lipinski definition) is 1. The van der Waals surface area contributed by atoms with Crippen molar-refractivity contribution in [2.75, 3.05) is 26.3 Å². The van der Waals surface area contributed by atoms with Gasteiger partial charge in [-0.15, -0.1) is 0 Å². The van der Waals surface area contributed by atoms with E-state index in [0.717, 1.165) is 50.5 Å². The first-order valence-electron chi connectivity index (χ1n) is 8.81. The van der Waals surface area contributed by atoms with Gasteiger partial charge in [-0.3, -0.25) is 9.69 Å². The van der Waals surface area contributed by atoms with E-state index in [9.17, 15) is 18.0 Å². The molecular weight excluding hydrogens is 371 g/mol. The predicted octanol–water partition coefficient (Wildman–Crippen LogP) is 3.30. The van der Waals surface area contributed by atoms with E-state index in [0.29, 0.717) is 5.56 Å². The van der Waals surface area contributed by atoms with Crippen molar-refractivity contribution < 1.29 is 22.7 Å². The highest BCUT2D eigenvalue weighted by Crippen LogP contribution is 2.29. The summed E-state index contributed by atoms with van der Waals surface area (Å²) in [5.74, 6) is -0.429. The maximum atomic E-state index is 12.7. The van der Waals surface area contributed by atoms with Crippen LogP contribution in [-0.2, 0) is 17.5 Å². The zero-order valence-electron chi connectivity index (χ0n) is 15.1. The molecule has 1 saturated heterocycles. The fraction of sp³-hybridized carbons (Fsp3) is 0.300. The van der Waals surface area contributed by atoms with Crippen LogP contribution in [0, 0.1) is 0 Å². The lowest BCUT2D eigenvalue weighted by molar-refractivity contribution is -0.137. The quantitative estimate of drug-likeness (QED) is 0.629. The van der Waals surface area contributed by atoms with Crippen LogP contribution in [0.3, 0.4) is 0 Å². The fourth-order valence-corrected chi connectivity index (χ4v) is 2.80. The smallest absolute Gasteiger partial charge is 0.379 e. The molecule has 1 fully saturated rings. The number of carbonyl (C=O) groups is 1. The van der Waals surface area contributed by atoms with E-state index in [1.165, 1.54) is 18.3 Å². The molecule has 0 bridgehead atoms. The molecule has 1 N–H and O–H groups in total. The van der Waals surface area contributed by atoms with Gasteiger partial charge in [0.05, 0.1) is 25.0 Å². The Labute approximate surface area is 160 Å². The normalized spacial score (nSPS) is 15.7. The number of ether oxygens (including phenoxy) is 1. The number of carbonyl (C=O) groups excluding carboxylic acids is 1. The molecule has 2 aromatic carbocycles. The van der Waals surface area contributed by atoms with Gasteiger partial charge in [0.25, 0.3) is 5.91 Å². The Bertz CT molecular complexity index is 829. The molecule has 0 unspecified atom stereocenters. The molecule has 28 heavy (non-hydrogen) atoms. The highest BCUT2D eigenvalue weighted by molar-refractivity contribution is 5.94. The van der Waals surface area contributed by atoms with Crippen LogP contribution in [0.2, 0.25) is 0 Å². The van der Waals surface area contributed by atoms with Gasteiger partial charge in [0, 0.05) is 25.2 Å². The van der Waals surface area contributed by atoms with Gasteiger partial charge >= 0.3 is 6.18 Å². The van der Waals surface area contributed by atoms with Crippen molar-refractivity contribution in [3.63, 3.8) is 0 Å². The van der Waals surface area contributed by atoms with E-state index in [1.54, 1.807) is 12.1 Å². The molecule has 1 heterocycles. The summed E-state index contributed by atoms with van der Waals surface area (Å²) in [6.45, 7) is 4.01. The zero-order chi connectivity index (χ0) is 20.0. The Morgan fingerprint density at radius 2 is 1.86 bits per heavy atom. The number of hydrazone groups is 1. The lowest BCUT2D eigenvalue weighted by Crippen LogP contribution is -2.35. The van der Waals surface area contributed by atoms with Crippen molar-refractivity contribution >= 4 is 12.1 Å². The summed E-state index contributed by atoms with van der Waals surface area (Å²) in [6, 6.07) is 11.9. The van der Waals surface area contributed by atoms with E-state index in [4.69, 9.17) is 4.74 Å². The largest absolute Gasteiger partial charge is 0.416 e. The van der Waals surface area contributed by atoms with E-state index in [-0.39, 0.29) is 5.56 Å². The highest BCUT2D eigenvalue weighted by Gasteiger charge is 2.30. The van der Waals surface area contributed by atoms with Crippen LogP contribution in [-0.4, -0.2) is 43.3 Å². The van der Waals surface area contributed by atoms with Crippen molar-refractivity contribution in [1.82, 2.24) is 10.3 Å². The minimum Gasteiger partial charge on any atom is -0.379 e. The second kappa shape index (κ2) is 8.99. The molecule has 3 rings (SSSR count).